The lowest BCUT2D eigenvalue weighted by Gasteiger charge is -2.32. The summed E-state index contributed by atoms with van der Waals surface area (Å²) in [6.07, 6.45) is 2.53. The normalized spacial score (nSPS) is 14.6. The van der Waals surface area contributed by atoms with Crippen molar-refractivity contribution in [2.45, 2.75) is 32.4 Å². The molecule has 0 atom stereocenters. The van der Waals surface area contributed by atoms with Gasteiger partial charge >= 0.3 is 0 Å². The molecule has 1 amide bonds. The van der Waals surface area contributed by atoms with E-state index in [0.717, 1.165) is 61.9 Å². The molecule has 2 aromatic carbocycles. The van der Waals surface area contributed by atoms with Gasteiger partial charge in [0.1, 0.15) is 11.5 Å². The summed E-state index contributed by atoms with van der Waals surface area (Å²) in [5, 5.41) is 10.3. The van der Waals surface area contributed by atoms with Gasteiger partial charge in [0.15, 0.2) is 10.6 Å². The zero-order valence-corrected chi connectivity index (χ0v) is 21.1. The van der Waals surface area contributed by atoms with Crippen LogP contribution in [0, 0.1) is 10.7 Å². The zero-order valence-electron chi connectivity index (χ0n) is 20.3. The van der Waals surface area contributed by atoms with E-state index in [9.17, 15) is 4.79 Å². The topological polar surface area (TPSA) is 84.4 Å². The van der Waals surface area contributed by atoms with Gasteiger partial charge < -0.3 is 14.8 Å². The number of piperidine rings is 1. The van der Waals surface area contributed by atoms with Crippen molar-refractivity contribution in [3.05, 3.63) is 58.9 Å². The van der Waals surface area contributed by atoms with Crippen molar-refractivity contribution in [3.8, 4) is 22.9 Å². The number of ether oxygens (including phenoxy) is 2. The molecule has 1 aliphatic rings. The minimum Gasteiger partial charge on any atom is -0.497 e. The first kappa shape index (κ1) is 24.9. The Morgan fingerprint density at radius 1 is 1.06 bits per heavy atom. The monoisotopic (exact) mass is 495 g/mol. The third kappa shape index (κ3) is 6.70. The summed E-state index contributed by atoms with van der Waals surface area (Å²) in [7, 11) is 3.32. The predicted molar refractivity (Wildman–Crippen MR) is 138 cm³/mol. The minimum atomic E-state index is 0.0365. The molecule has 9 heteroatoms. The van der Waals surface area contributed by atoms with Gasteiger partial charge in [-0.1, -0.05) is 12.1 Å². The van der Waals surface area contributed by atoms with Gasteiger partial charge in [-0.3, -0.25) is 19.4 Å². The standard InChI is InChI=1S/C26H33N5O3S/c1-33-22-7-3-20(4-8-22)18-30-14-11-19(12-15-30)17-27-24(32)13-16-31-25(28-29-26(31)35)21-5-9-23(34-2)10-6-21/h3-10,19H,11-18H2,1-2H3,(H,27,32)(H,29,35). The van der Waals surface area contributed by atoms with Crippen LogP contribution in [0.4, 0.5) is 0 Å². The van der Waals surface area contributed by atoms with Crippen LogP contribution in [0.1, 0.15) is 24.8 Å². The number of aromatic amines is 1. The van der Waals surface area contributed by atoms with E-state index in [1.54, 1.807) is 14.2 Å². The average molecular weight is 496 g/mol. The Balaban J connectivity index is 1.20. The van der Waals surface area contributed by atoms with Crippen molar-refractivity contribution in [1.29, 1.82) is 0 Å². The van der Waals surface area contributed by atoms with Crippen LogP contribution in [0.3, 0.4) is 0 Å². The van der Waals surface area contributed by atoms with E-state index in [-0.39, 0.29) is 5.91 Å². The van der Waals surface area contributed by atoms with Gasteiger partial charge in [0.25, 0.3) is 0 Å². The van der Waals surface area contributed by atoms with Gasteiger partial charge in [-0.25, -0.2) is 0 Å². The number of hydrogen-bond acceptors (Lipinski definition) is 6. The zero-order chi connectivity index (χ0) is 24.6. The molecule has 2 heterocycles. The van der Waals surface area contributed by atoms with Crippen LogP contribution >= 0.6 is 12.2 Å². The molecule has 4 rings (SSSR count). The molecule has 1 aromatic heterocycles. The van der Waals surface area contributed by atoms with Crippen LogP contribution in [0.5, 0.6) is 11.5 Å². The van der Waals surface area contributed by atoms with Gasteiger partial charge in [-0.15, -0.1) is 0 Å². The molecule has 35 heavy (non-hydrogen) atoms. The van der Waals surface area contributed by atoms with Gasteiger partial charge in [-0.2, -0.15) is 5.10 Å². The maximum absolute atomic E-state index is 12.6. The van der Waals surface area contributed by atoms with Gasteiger partial charge in [0, 0.05) is 31.6 Å². The largest absolute Gasteiger partial charge is 0.497 e. The summed E-state index contributed by atoms with van der Waals surface area (Å²) in [6, 6.07) is 15.9. The second-order valence-corrected chi connectivity index (χ2v) is 9.24. The number of H-pyrrole nitrogens is 1. The lowest BCUT2D eigenvalue weighted by Crippen LogP contribution is -2.38. The van der Waals surface area contributed by atoms with Crippen molar-refractivity contribution in [3.63, 3.8) is 0 Å². The molecule has 0 unspecified atom stereocenters. The predicted octanol–water partition coefficient (Wildman–Crippen LogP) is 4.04. The van der Waals surface area contributed by atoms with E-state index in [1.165, 1.54) is 5.56 Å². The lowest BCUT2D eigenvalue weighted by atomic mass is 9.96. The number of hydrogen-bond donors (Lipinski definition) is 2. The molecule has 0 saturated carbocycles. The van der Waals surface area contributed by atoms with E-state index in [1.807, 2.05) is 41.0 Å². The fourth-order valence-corrected chi connectivity index (χ4v) is 4.61. The third-order valence-corrected chi connectivity index (χ3v) is 6.84. The molecule has 8 nitrogen and oxygen atoms in total. The molecule has 1 aliphatic heterocycles. The van der Waals surface area contributed by atoms with Crippen molar-refractivity contribution < 1.29 is 14.3 Å². The molecule has 186 valence electrons. The lowest BCUT2D eigenvalue weighted by molar-refractivity contribution is -0.121. The van der Waals surface area contributed by atoms with E-state index >= 15 is 0 Å². The maximum atomic E-state index is 12.6. The van der Waals surface area contributed by atoms with Crippen LogP contribution in [0.25, 0.3) is 11.4 Å². The molecule has 1 fully saturated rings. The molecule has 2 N–H and O–H groups in total. The van der Waals surface area contributed by atoms with Crippen molar-refractivity contribution >= 4 is 18.1 Å². The Hall–Kier alpha value is -3.17. The quantitative estimate of drug-likeness (QED) is 0.413. The second kappa shape index (κ2) is 12.0. The van der Waals surface area contributed by atoms with E-state index in [2.05, 4.69) is 32.5 Å². The molecular weight excluding hydrogens is 462 g/mol. The summed E-state index contributed by atoms with van der Waals surface area (Å²) in [6.45, 7) is 4.23. The van der Waals surface area contributed by atoms with Crippen LogP contribution in [0.15, 0.2) is 48.5 Å². The SMILES string of the molecule is COc1ccc(CN2CCC(CNC(=O)CCn3c(-c4ccc(OC)cc4)n[nH]c3=S)CC2)cc1. The summed E-state index contributed by atoms with van der Waals surface area (Å²) < 4.78 is 12.8. The number of rotatable bonds is 10. The number of amides is 1. The highest BCUT2D eigenvalue weighted by atomic mass is 32.1. The molecule has 0 bridgehead atoms. The highest BCUT2D eigenvalue weighted by Crippen LogP contribution is 2.22. The summed E-state index contributed by atoms with van der Waals surface area (Å²) in [5.74, 6) is 2.93. The molecule has 0 spiro atoms. The van der Waals surface area contributed by atoms with Crippen LogP contribution in [-0.4, -0.2) is 59.4 Å². The molecular formula is C26H33N5O3S. The van der Waals surface area contributed by atoms with Crippen molar-refractivity contribution in [1.82, 2.24) is 25.0 Å². The number of carbonyl (C=O) groups is 1. The van der Waals surface area contributed by atoms with E-state index < -0.39 is 0 Å². The average Bonchev–Trinajstić information content (AvgIpc) is 3.27. The van der Waals surface area contributed by atoms with Crippen molar-refractivity contribution in [2.24, 2.45) is 5.92 Å². The Morgan fingerprint density at radius 2 is 1.69 bits per heavy atom. The number of aromatic nitrogens is 3. The number of nitrogens with zero attached hydrogens (tertiary/aromatic N) is 3. The first-order valence-electron chi connectivity index (χ1n) is 12.0. The highest BCUT2D eigenvalue weighted by molar-refractivity contribution is 7.71. The Morgan fingerprint density at radius 3 is 2.31 bits per heavy atom. The smallest absolute Gasteiger partial charge is 0.221 e. The molecule has 1 saturated heterocycles. The molecule has 0 aliphatic carbocycles. The number of nitrogens with one attached hydrogen (secondary N) is 2. The van der Waals surface area contributed by atoms with Crippen LogP contribution in [-0.2, 0) is 17.9 Å². The first-order chi connectivity index (χ1) is 17.1. The Labute approximate surface area is 211 Å². The van der Waals surface area contributed by atoms with Gasteiger partial charge in [0.2, 0.25) is 5.91 Å². The fourth-order valence-electron chi connectivity index (χ4n) is 4.38. The number of carbonyl (C=O) groups excluding carboxylic acids is 1. The van der Waals surface area contributed by atoms with E-state index in [4.69, 9.17) is 21.7 Å². The number of methoxy groups -OCH3 is 2. The molecule has 3 aromatic rings. The Bertz CT molecular complexity index is 1150. The molecule has 0 radical (unpaired) electrons. The summed E-state index contributed by atoms with van der Waals surface area (Å²) in [4.78, 5) is 15.0. The second-order valence-electron chi connectivity index (χ2n) is 8.85. The first-order valence-corrected chi connectivity index (χ1v) is 12.4. The van der Waals surface area contributed by atoms with E-state index in [0.29, 0.717) is 23.7 Å². The van der Waals surface area contributed by atoms with Crippen molar-refractivity contribution in [2.75, 3.05) is 33.9 Å². The fraction of sp³-hybridized carbons (Fsp3) is 0.423. The van der Waals surface area contributed by atoms with Gasteiger partial charge in [0.05, 0.1) is 14.2 Å². The van der Waals surface area contributed by atoms with Gasteiger partial charge in [-0.05, 0) is 86.0 Å². The third-order valence-electron chi connectivity index (χ3n) is 6.53. The Kier molecular flexibility index (Phi) is 8.54. The van der Waals surface area contributed by atoms with Crippen LogP contribution in [0.2, 0.25) is 0 Å². The summed E-state index contributed by atoms with van der Waals surface area (Å²) in [5.41, 5.74) is 2.21. The highest BCUT2D eigenvalue weighted by Gasteiger charge is 2.20. The number of benzene rings is 2. The maximum Gasteiger partial charge on any atom is 0.221 e. The number of likely N-dealkylation sites (tertiary alicyclic amines) is 1. The minimum absolute atomic E-state index is 0.0365. The summed E-state index contributed by atoms with van der Waals surface area (Å²) >= 11 is 5.39. The van der Waals surface area contributed by atoms with Crippen LogP contribution < -0.4 is 14.8 Å².